The quantitative estimate of drug-likeness (QED) is 0.160. The van der Waals surface area contributed by atoms with Gasteiger partial charge >= 0.3 is 0 Å². The van der Waals surface area contributed by atoms with E-state index in [2.05, 4.69) is 171 Å². The first-order chi connectivity index (χ1) is 28.8. The van der Waals surface area contributed by atoms with Crippen LogP contribution in [0.2, 0.25) is 0 Å². The second-order valence-electron chi connectivity index (χ2n) is 15.3. The van der Waals surface area contributed by atoms with Crippen molar-refractivity contribution in [3.8, 4) is 44.5 Å². The molecule has 0 radical (unpaired) electrons. The van der Waals surface area contributed by atoms with Crippen LogP contribution in [-0.2, 0) is 14.2 Å². The summed E-state index contributed by atoms with van der Waals surface area (Å²) in [7, 11) is 0. The van der Waals surface area contributed by atoms with Gasteiger partial charge in [0.2, 0.25) is 12.6 Å². The molecule has 8 bridgehead atoms. The van der Waals surface area contributed by atoms with Crippen molar-refractivity contribution in [3.63, 3.8) is 0 Å². The first kappa shape index (κ1) is 38.2. The highest BCUT2D eigenvalue weighted by Crippen LogP contribution is 2.43. The van der Waals surface area contributed by atoms with Crippen LogP contribution in [0.1, 0.15) is 71.5 Å². The van der Waals surface area contributed by atoms with Crippen molar-refractivity contribution in [2.75, 3.05) is 13.2 Å². The molecule has 4 aromatic carbocycles. The zero-order valence-corrected chi connectivity index (χ0v) is 34.4. The van der Waals surface area contributed by atoms with Crippen molar-refractivity contribution in [1.29, 1.82) is 0 Å². The summed E-state index contributed by atoms with van der Waals surface area (Å²) >= 11 is 0. The zero-order chi connectivity index (χ0) is 40.6. The van der Waals surface area contributed by atoms with E-state index in [0.29, 0.717) is 24.6 Å². The number of ether oxygens (including phenoxy) is 3. The summed E-state index contributed by atoms with van der Waals surface area (Å²) in [5, 5.41) is 0. The number of aromatic nitrogens is 4. The second kappa shape index (κ2) is 16.1. The van der Waals surface area contributed by atoms with Gasteiger partial charge in [-0.05, 0) is 100 Å². The summed E-state index contributed by atoms with van der Waals surface area (Å²) in [5.41, 5.74) is 19.2. The third kappa shape index (κ3) is 7.45. The van der Waals surface area contributed by atoms with Crippen LogP contribution in [0.25, 0.3) is 78.7 Å². The predicted octanol–water partition coefficient (Wildman–Crippen LogP) is 13.2. The Hall–Kier alpha value is -6.38. The Labute approximate surface area is 345 Å². The summed E-state index contributed by atoms with van der Waals surface area (Å²) < 4.78 is 19.8. The molecule has 2 atom stereocenters. The van der Waals surface area contributed by atoms with Crippen LogP contribution in [0, 0.1) is 27.7 Å². The summed E-state index contributed by atoms with van der Waals surface area (Å²) in [6.45, 7) is 13.2. The van der Waals surface area contributed by atoms with Crippen LogP contribution in [0.4, 0.5) is 0 Å². The zero-order valence-electron chi connectivity index (χ0n) is 34.4. The van der Waals surface area contributed by atoms with Crippen molar-refractivity contribution < 1.29 is 14.2 Å². The first-order valence-electron chi connectivity index (χ1n) is 20.4. The van der Waals surface area contributed by atoms with Gasteiger partial charge in [-0.1, -0.05) is 119 Å². The third-order valence-corrected chi connectivity index (χ3v) is 11.0. The lowest BCUT2D eigenvalue weighted by Crippen LogP contribution is -2.24. The van der Waals surface area contributed by atoms with E-state index >= 15 is 0 Å². The van der Waals surface area contributed by atoms with E-state index in [1.165, 1.54) is 11.1 Å². The SMILES string of the molecule is CCO[C@H]1O[C@H](OCC)c2nc1c(-c1ccc(C)cc1)c1ccc([nH]1)c(-c1ccc(C)cc1)c1nc(c(-c3ccc(C)cc3)c3ccc([nH]3)c2-c2ccc(C)cc2)C=C1. The topological polar surface area (TPSA) is 85.0 Å². The van der Waals surface area contributed by atoms with Crippen molar-refractivity contribution in [3.05, 3.63) is 166 Å². The summed E-state index contributed by atoms with van der Waals surface area (Å²) in [5.74, 6) is 0. The highest BCUT2D eigenvalue weighted by Gasteiger charge is 2.33. The molecule has 7 nitrogen and oxygen atoms in total. The maximum absolute atomic E-state index is 6.91. The minimum absolute atomic E-state index is 0.414. The number of aromatic amines is 2. The Morgan fingerprint density at radius 3 is 1.05 bits per heavy atom. The molecule has 3 aromatic heterocycles. The molecular weight excluding hydrogens is 729 g/mol. The van der Waals surface area contributed by atoms with E-state index < -0.39 is 12.6 Å². The lowest BCUT2D eigenvalue weighted by atomic mass is 9.99. The number of H-pyrrole nitrogens is 2. The van der Waals surface area contributed by atoms with Gasteiger partial charge in [-0.2, -0.15) is 0 Å². The van der Waals surface area contributed by atoms with E-state index in [0.717, 1.165) is 89.1 Å². The van der Waals surface area contributed by atoms with Gasteiger partial charge in [-0.25, -0.2) is 9.97 Å². The van der Waals surface area contributed by atoms with Crippen molar-refractivity contribution in [2.24, 2.45) is 0 Å². The standard InChI is InChI=1S/C52H48N4O3/c1-7-57-51-49-47(37-21-13-33(5)14-22-37)43-29-27-41(54-43)45(35-17-9-31(3)10-18-35)39-25-26-40(53-39)46(36-19-11-32(4)12-20-36)42-28-30-44(55-42)48(38-23-15-34(6)16-24-38)50(56-49)52(59-51)58-8-2/h9-30,51-52,54-55H,7-8H2,1-6H3/t51-,52-/m0/s1. The lowest BCUT2D eigenvalue weighted by molar-refractivity contribution is -0.261. The predicted molar refractivity (Wildman–Crippen MR) is 240 cm³/mol. The monoisotopic (exact) mass is 776 g/mol. The van der Waals surface area contributed by atoms with Crippen LogP contribution >= 0.6 is 0 Å². The molecule has 0 saturated carbocycles. The number of benzene rings is 4. The van der Waals surface area contributed by atoms with E-state index in [9.17, 15) is 0 Å². The van der Waals surface area contributed by atoms with E-state index in [1.807, 2.05) is 13.8 Å². The Kier molecular flexibility index (Phi) is 10.4. The van der Waals surface area contributed by atoms with E-state index in [-0.39, 0.29) is 0 Å². The molecular formula is C52H48N4O3. The summed E-state index contributed by atoms with van der Waals surface area (Å²) in [6.07, 6.45) is 2.63. The molecule has 7 aromatic rings. The summed E-state index contributed by atoms with van der Waals surface area (Å²) in [4.78, 5) is 18.8. The number of fused-ring (bicyclic) bond motifs is 8. The number of rotatable bonds is 8. The lowest BCUT2D eigenvalue weighted by Gasteiger charge is -2.30. The Balaban J connectivity index is 1.52. The molecule has 5 heterocycles. The average molecular weight is 777 g/mol. The average Bonchev–Trinajstić information content (AvgIpc) is 4.03. The Bertz CT molecular complexity index is 2660. The third-order valence-electron chi connectivity index (χ3n) is 11.0. The molecule has 0 aliphatic carbocycles. The molecule has 0 saturated heterocycles. The number of aryl methyl sites for hydroxylation is 4. The van der Waals surface area contributed by atoms with Gasteiger partial charge in [0.05, 0.1) is 11.4 Å². The second-order valence-corrected chi connectivity index (χ2v) is 15.3. The van der Waals surface area contributed by atoms with Crippen LogP contribution < -0.4 is 0 Å². The van der Waals surface area contributed by atoms with Crippen LogP contribution in [-0.4, -0.2) is 33.1 Å². The normalized spacial score (nSPS) is 15.1. The van der Waals surface area contributed by atoms with Gasteiger partial charge in [0.15, 0.2) is 0 Å². The first-order valence-corrected chi connectivity index (χ1v) is 20.4. The minimum atomic E-state index is -0.818. The van der Waals surface area contributed by atoms with E-state index in [1.54, 1.807) is 0 Å². The van der Waals surface area contributed by atoms with Crippen LogP contribution in [0.3, 0.4) is 0 Å². The molecule has 0 amide bonds. The molecule has 0 spiro atoms. The van der Waals surface area contributed by atoms with Crippen LogP contribution in [0.5, 0.6) is 0 Å². The fourth-order valence-corrected chi connectivity index (χ4v) is 8.02. The van der Waals surface area contributed by atoms with Gasteiger partial charge in [-0.3, -0.25) is 0 Å². The summed E-state index contributed by atoms with van der Waals surface area (Å²) in [6, 6.07) is 42.9. The highest BCUT2D eigenvalue weighted by molar-refractivity contribution is 5.97. The van der Waals surface area contributed by atoms with Crippen molar-refractivity contribution in [2.45, 2.75) is 54.1 Å². The fraction of sp³-hybridized carbons (Fsp3) is 0.192. The molecule has 2 aliphatic rings. The Morgan fingerprint density at radius 1 is 0.424 bits per heavy atom. The molecule has 2 N–H and O–H groups in total. The molecule has 2 aliphatic heterocycles. The van der Waals surface area contributed by atoms with Gasteiger partial charge in [0.1, 0.15) is 11.4 Å². The molecule has 0 unspecified atom stereocenters. The van der Waals surface area contributed by atoms with E-state index in [4.69, 9.17) is 24.2 Å². The van der Waals surface area contributed by atoms with Gasteiger partial charge in [0, 0.05) is 57.5 Å². The van der Waals surface area contributed by atoms with Crippen molar-refractivity contribution >= 4 is 34.2 Å². The number of hydrogen-bond donors (Lipinski definition) is 2. The maximum atomic E-state index is 6.91. The number of nitrogens with zero attached hydrogens (tertiary/aromatic N) is 2. The van der Waals surface area contributed by atoms with Crippen molar-refractivity contribution in [1.82, 2.24) is 19.9 Å². The maximum Gasteiger partial charge on any atom is 0.204 e. The molecule has 9 rings (SSSR count). The fourth-order valence-electron chi connectivity index (χ4n) is 8.02. The van der Waals surface area contributed by atoms with Gasteiger partial charge in [0.25, 0.3) is 0 Å². The highest BCUT2D eigenvalue weighted by atomic mass is 16.8. The molecule has 59 heavy (non-hydrogen) atoms. The van der Waals surface area contributed by atoms with Crippen LogP contribution in [0.15, 0.2) is 121 Å². The Morgan fingerprint density at radius 2 is 0.729 bits per heavy atom. The minimum Gasteiger partial charge on any atom is -0.354 e. The molecule has 0 fully saturated rings. The number of nitrogens with one attached hydrogen (secondary N) is 2. The molecule has 294 valence electrons. The molecule has 7 heteroatoms. The van der Waals surface area contributed by atoms with Gasteiger partial charge < -0.3 is 24.2 Å². The largest absolute Gasteiger partial charge is 0.354 e. The smallest absolute Gasteiger partial charge is 0.204 e. The number of hydrogen-bond acceptors (Lipinski definition) is 5. The van der Waals surface area contributed by atoms with Gasteiger partial charge in [-0.15, -0.1) is 0 Å².